The summed E-state index contributed by atoms with van der Waals surface area (Å²) in [5, 5.41) is 0.918. The Bertz CT molecular complexity index is 907. The molecule has 0 radical (unpaired) electrons. The highest BCUT2D eigenvalue weighted by atomic mass is 32.1. The van der Waals surface area contributed by atoms with E-state index >= 15 is 0 Å². The summed E-state index contributed by atoms with van der Waals surface area (Å²) in [4.78, 5) is 19.3. The van der Waals surface area contributed by atoms with Crippen molar-refractivity contribution in [3.63, 3.8) is 0 Å². The number of hydrogen-bond acceptors (Lipinski definition) is 4. The van der Waals surface area contributed by atoms with Gasteiger partial charge in [-0.05, 0) is 37.1 Å². The van der Waals surface area contributed by atoms with Crippen LogP contribution in [0.3, 0.4) is 0 Å². The molecule has 1 aromatic heterocycles. The third kappa shape index (κ3) is 2.87. The number of likely N-dealkylation sites (tertiary alicyclic amines) is 1. The van der Waals surface area contributed by atoms with Gasteiger partial charge >= 0.3 is 0 Å². The van der Waals surface area contributed by atoms with Crippen molar-refractivity contribution in [2.45, 2.75) is 18.9 Å². The molecule has 1 amide bonds. The van der Waals surface area contributed by atoms with Crippen molar-refractivity contribution in [1.29, 1.82) is 0 Å². The number of benzene rings is 2. The first kappa shape index (κ1) is 16.0. The smallest absolute Gasteiger partial charge is 0.257 e. The fourth-order valence-corrected chi connectivity index (χ4v) is 4.37. The molecule has 6 heteroatoms. The van der Waals surface area contributed by atoms with Crippen LogP contribution < -0.4 is 4.74 Å². The predicted molar refractivity (Wildman–Crippen MR) is 95.6 cm³/mol. The Balaban J connectivity index is 1.65. The van der Waals surface area contributed by atoms with Gasteiger partial charge in [0.1, 0.15) is 16.6 Å². The minimum Gasteiger partial charge on any atom is -0.497 e. The highest BCUT2D eigenvalue weighted by Gasteiger charge is 2.33. The van der Waals surface area contributed by atoms with E-state index < -0.39 is 5.82 Å². The molecule has 0 aliphatic carbocycles. The Morgan fingerprint density at radius 1 is 1.32 bits per heavy atom. The van der Waals surface area contributed by atoms with E-state index in [9.17, 15) is 9.18 Å². The van der Waals surface area contributed by atoms with Crippen LogP contribution in [0.5, 0.6) is 5.75 Å². The Kier molecular flexibility index (Phi) is 4.13. The van der Waals surface area contributed by atoms with Crippen molar-refractivity contribution in [3.8, 4) is 5.75 Å². The summed E-state index contributed by atoms with van der Waals surface area (Å²) in [6.45, 7) is 0.616. The summed E-state index contributed by atoms with van der Waals surface area (Å²) in [6.07, 6.45) is 1.74. The van der Waals surface area contributed by atoms with Crippen LogP contribution in [0.2, 0.25) is 0 Å². The van der Waals surface area contributed by atoms with Crippen LogP contribution in [0.15, 0.2) is 42.5 Å². The number of para-hydroxylation sites is 1. The molecule has 1 aliphatic rings. The van der Waals surface area contributed by atoms with Crippen LogP contribution in [0.4, 0.5) is 4.39 Å². The van der Waals surface area contributed by atoms with Crippen LogP contribution in [0.25, 0.3) is 10.2 Å². The fourth-order valence-electron chi connectivity index (χ4n) is 3.25. The standard InChI is InChI=1S/C19H17FN2O2S/c1-24-12-8-9-13(14(20)11-12)19(23)22-10-4-6-16(22)18-21-15-5-2-3-7-17(15)25-18/h2-3,5,7-9,11,16H,4,6,10H2,1H3. The number of ether oxygens (including phenoxy) is 1. The van der Waals surface area contributed by atoms with E-state index in [0.717, 1.165) is 28.1 Å². The van der Waals surface area contributed by atoms with Crippen molar-refractivity contribution in [2.75, 3.05) is 13.7 Å². The lowest BCUT2D eigenvalue weighted by Crippen LogP contribution is -2.31. The number of carbonyl (C=O) groups excluding carboxylic acids is 1. The number of carbonyl (C=O) groups is 1. The van der Waals surface area contributed by atoms with Crippen LogP contribution in [0, 0.1) is 5.82 Å². The average molecular weight is 356 g/mol. The Hall–Kier alpha value is -2.47. The Morgan fingerprint density at radius 2 is 2.16 bits per heavy atom. The Morgan fingerprint density at radius 3 is 2.92 bits per heavy atom. The molecule has 4 rings (SSSR count). The molecule has 1 fully saturated rings. The van der Waals surface area contributed by atoms with E-state index in [0.29, 0.717) is 12.3 Å². The number of halogens is 1. The number of aromatic nitrogens is 1. The SMILES string of the molecule is COc1ccc(C(=O)N2CCCC2c2nc3ccccc3s2)c(F)c1. The molecule has 0 saturated carbocycles. The van der Waals surface area contributed by atoms with Crippen LogP contribution in [0.1, 0.15) is 34.2 Å². The van der Waals surface area contributed by atoms with Gasteiger partial charge in [-0.2, -0.15) is 0 Å². The Labute approximate surface area is 148 Å². The first-order valence-corrected chi connectivity index (χ1v) is 8.99. The molecule has 0 bridgehead atoms. The second-order valence-electron chi connectivity index (χ2n) is 6.02. The molecular weight excluding hydrogens is 339 g/mol. The predicted octanol–water partition coefficient (Wildman–Crippen LogP) is 4.42. The highest BCUT2D eigenvalue weighted by molar-refractivity contribution is 7.18. The summed E-state index contributed by atoms with van der Waals surface area (Å²) in [5.41, 5.74) is 1.02. The lowest BCUT2D eigenvalue weighted by molar-refractivity contribution is 0.0730. The molecule has 25 heavy (non-hydrogen) atoms. The zero-order valence-corrected chi connectivity index (χ0v) is 14.6. The third-order valence-corrected chi connectivity index (χ3v) is 5.65. The maximum Gasteiger partial charge on any atom is 0.257 e. The van der Waals surface area contributed by atoms with E-state index in [2.05, 4.69) is 4.98 Å². The molecule has 128 valence electrons. The quantitative estimate of drug-likeness (QED) is 0.698. The van der Waals surface area contributed by atoms with Crippen molar-refractivity contribution in [1.82, 2.24) is 9.88 Å². The van der Waals surface area contributed by atoms with E-state index in [4.69, 9.17) is 4.74 Å². The number of amides is 1. The van der Waals surface area contributed by atoms with Gasteiger partial charge in [0.15, 0.2) is 0 Å². The second kappa shape index (κ2) is 6.44. The number of rotatable bonds is 3. The summed E-state index contributed by atoms with van der Waals surface area (Å²) >= 11 is 1.60. The van der Waals surface area contributed by atoms with E-state index in [1.54, 1.807) is 22.3 Å². The lowest BCUT2D eigenvalue weighted by atomic mass is 10.1. The van der Waals surface area contributed by atoms with E-state index in [-0.39, 0.29) is 17.5 Å². The number of methoxy groups -OCH3 is 1. The number of nitrogens with zero attached hydrogens (tertiary/aromatic N) is 2. The van der Waals surface area contributed by atoms with Crippen molar-refractivity contribution < 1.29 is 13.9 Å². The molecule has 2 aromatic carbocycles. The first-order chi connectivity index (χ1) is 12.2. The summed E-state index contributed by atoms with van der Waals surface area (Å²) in [7, 11) is 1.47. The molecule has 1 aliphatic heterocycles. The van der Waals surface area contributed by atoms with Gasteiger partial charge in [-0.3, -0.25) is 4.79 Å². The number of hydrogen-bond donors (Lipinski definition) is 0. The molecule has 0 spiro atoms. The zero-order valence-electron chi connectivity index (χ0n) is 13.7. The average Bonchev–Trinajstić information content (AvgIpc) is 3.27. The van der Waals surface area contributed by atoms with Crippen LogP contribution in [-0.2, 0) is 0 Å². The molecule has 0 N–H and O–H groups in total. The topological polar surface area (TPSA) is 42.4 Å². The van der Waals surface area contributed by atoms with Gasteiger partial charge in [0.05, 0.1) is 28.9 Å². The molecule has 1 unspecified atom stereocenters. The van der Waals surface area contributed by atoms with E-state index in [1.165, 1.54) is 19.2 Å². The van der Waals surface area contributed by atoms with Gasteiger partial charge in [0, 0.05) is 12.6 Å². The van der Waals surface area contributed by atoms with Crippen molar-refractivity contribution in [2.24, 2.45) is 0 Å². The van der Waals surface area contributed by atoms with Crippen molar-refractivity contribution >= 4 is 27.5 Å². The minimum atomic E-state index is -0.556. The van der Waals surface area contributed by atoms with Gasteiger partial charge in [0.2, 0.25) is 0 Å². The second-order valence-corrected chi connectivity index (χ2v) is 7.08. The first-order valence-electron chi connectivity index (χ1n) is 8.17. The normalized spacial score (nSPS) is 17.2. The van der Waals surface area contributed by atoms with Gasteiger partial charge in [-0.15, -0.1) is 11.3 Å². The molecule has 4 nitrogen and oxygen atoms in total. The van der Waals surface area contributed by atoms with Gasteiger partial charge in [0.25, 0.3) is 5.91 Å². The van der Waals surface area contributed by atoms with E-state index in [1.807, 2.05) is 24.3 Å². The molecule has 1 saturated heterocycles. The minimum absolute atomic E-state index is 0.0776. The monoisotopic (exact) mass is 356 g/mol. The lowest BCUT2D eigenvalue weighted by Gasteiger charge is -2.23. The maximum absolute atomic E-state index is 14.3. The molecule has 3 aromatic rings. The van der Waals surface area contributed by atoms with Crippen LogP contribution in [-0.4, -0.2) is 29.4 Å². The van der Waals surface area contributed by atoms with Gasteiger partial charge in [-0.1, -0.05) is 12.1 Å². The fraction of sp³-hybridized carbons (Fsp3) is 0.263. The molecule has 2 heterocycles. The molecule has 1 atom stereocenters. The highest BCUT2D eigenvalue weighted by Crippen LogP contribution is 2.37. The number of thiazole rings is 1. The van der Waals surface area contributed by atoms with Crippen molar-refractivity contribution in [3.05, 3.63) is 58.9 Å². The summed E-state index contributed by atoms with van der Waals surface area (Å²) in [6, 6.07) is 12.2. The molecular formula is C19H17FN2O2S. The zero-order chi connectivity index (χ0) is 17.4. The third-order valence-electron chi connectivity index (χ3n) is 4.52. The maximum atomic E-state index is 14.3. The largest absolute Gasteiger partial charge is 0.497 e. The summed E-state index contributed by atoms with van der Waals surface area (Å²) < 4.78 is 20.4. The summed E-state index contributed by atoms with van der Waals surface area (Å²) in [5.74, 6) is -0.445. The van der Waals surface area contributed by atoms with Gasteiger partial charge in [-0.25, -0.2) is 9.37 Å². The number of fused-ring (bicyclic) bond motifs is 1. The van der Waals surface area contributed by atoms with Gasteiger partial charge < -0.3 is 9.64 Å². The van der Waals surface area contributed by atoms with Crippen LogP contribution >= 0.6 is 11.3 Å².